The van der Waals surface area contributed by atoms with Gasteiger partial charge in [0.25, 0.3) is 0 Å². The summed E-state index contributed by atoms with van der Waals surface area (Å²) in [6.07, 6.45) is 2.08. The van der Waals surface area contributed by atoms with Crippen LogP contribution in [-0.4, -0.2) is 36.4 Å². The van der Waals surface area contributed by atoms with Crippen LogP contribution in [0.25, 0.3) is 0 Å². The van der Waals surface area contributed by atoms with Crippen LogP contribution in [0.4, 0.5) is 0 Å². The Labute approximate surface area is 197 Å². The molecule has 1 aliphatic carbocycles. The Morgan fingerprint density at radius 1 is 0.970 bits per heavy atom. The number of hydrogen-bond donors (Lipinski definition) is 1. The molecule has 0 fully saturated rings. The van der Waals surface area contributed by atoms with Crippen LogP contribution >= 0.6 is 0 Å². The highest BCUT2D eigenvalue weighted by molar-refractivity contribution is 6.23. The topological polar surface area (TPSA) is 68.1 Å². The maximum Gasteiger partial charge on any atom is 0.168 e. The molecule has 0 aliphatic heterocycles. The first kappa shape index (κ1) is 24.6. The van der Waals surface area contributed by atoms with Crippen molar-refractivity contribution in [2.45, 2.75) is 53.4 Å². The Morgan fingerprint density at radius 3 is 2.33 bits per heavy atom. The van der Waals surface area contributed by atoms with Crippen molar-refractivity contribution in [1.82, 2.24) is 0 Å². The number of carbonyl (C=O) groups is 1. The van der Waals surface area contributed by atoms with Crippen LogP contribution in [0.1, 0.15) is 51.7 Å². The van der Waals surface area contributed by atoms with E-state index in [1.807, 2.05) is 64.1 Å². The molecule has 5 heteroatoms. The number of ether oxygens (including phenoxy) is 2. The summed E-state index contributed by atoms with van der Waals surface area (Å²) in [7, 11) is 0. The van der Waals surface area contributed by atoms with Crippen LogP contribution in [0.15, 0.2) is 64.9 Å². The van der Waals surface area contributed by atoms with Gasteiger partial charge in [0.1, 0.15) is 5.76 Å². The van der Waals surface area contributed by atoms with Crippen LogP contribution in [0, 0.1) is 5.41 Å². The zero-order valence-electron chi connectivity index (χ0n) is 20.2. The van der Waals surface area contributed by atoms with E-state index in [2.05, 4.69) is 12.1 Å². The molecule has 0 heterocycles. The van der Waals surface area contributed by atoms with Gasteiger partial charge >= 0.3 is 0 Å². The number of aliphatic hydroxyl groups is 1. The molecular formula is C28H35NO4. The molecule has 0 amide bonds. The summed E-state index contributed by atoms with van der Waals surface area (Å²) >= 11 is 0. The van der Waals surface area contributed by atoms with Crippen molar-refractivity contribution in [2.24, 2.45) is 10.4 Å². The summed E-state index contributed by atoms with van der Waals surface area (Å²) in [6, 6.07) is 16.0. The van der Waals surface area contributed by atoms with Crippen LogP contribution in [0.3, 0.4) is 0 Å². The minimum atomic E-state index is -0.249. The maximum absolute atomic E-state index is 13.1. The smallest absolute Gasteiger partial charge is 0.168 e. The fraction of sp³-hybridized carbons (Fsp3) is 0.429. The van der Waals surface area contributed by atoms with E-state index >= 15 is 0 Å². The van der Waals surface area contributed by atoms with Gasteiger partial charge in [-0.15, -0.1) is 0 Å². The molecule has 2 aromatic carbocycles. The van der Waals surface area contributed by atoms with Crippen LogP contribution in [0.2, 0.25) is 0 Å². The van der Waals surface area contributed by atoms with Gasteiger partial charge in [0.15, 0.2) is 17.3 Å². The predicted molar refractivity (Wildman–Crippen MR) is 133 cm³/mol. The molecule has 0 saturated heterocycles. The minimum Gasteiger partial charge on any atom is -0.511 e. The van der Waals surface area contributed by atoms with Crippen molar-refractivity contribution in [3.8, 4) is 11.5 Å². The molecule has 2 aromatic rings. The zero-order valence-corrected chi connectivity index (χ0v) is 20.2. The highest BCUT2D eigenvalue weighted by Gasteiger charge is 2.35. The lowest BCUT2D eigenvalue weighted by molar-refractivity contribution is -0.117. The molecule has 0 radical (unpaired) electrons. The summed E-state index contributed by atoms with van der Waals surface area (Å²) in [5.41, 5.74) is 2.92. The molecule has 1 aliphatic rings. The Morgan fingerprint density at radius 2 is 1.67 bits per heavy atom. The number of rotatable bonds is 10. The normalized spacial score (nSPS) is 16.1. The van der Waals surface area contributed by atoms with Gasteiger partial charge in [-0.1, -0.05) is 50.2 Å². The summed E-state index contributed by atoms with van der Waals surface area (Å²) in [4.78, 5) is 17.9. The Bertz CT molecular complexity index is 1020. The molecule has 176 valence electrons. The number of nitrogens with zero attached hydrogens (tertiary/aromatic N) is 1. The minimum absolute atomic E-state index is 0.0434. The third-order valence-electron chi connectivity index (χ3n) is 5.67. The molecule has 5 nitrogen and oxygen atoms in total. The fourth-order valence-electron chi connectivity index (χ4n) is 4.20. The molecule has 0 unspecified atom stereocenters. The SMILES string of the molecule is CCOc1ccc(CC(=NCCc2ccccc2)C2=C(O)CC(C)(C)CC2=O)cc1OCC. The van der Waals surface area contributed by atoms with E-state index < -0.39 is 0 Å². The molecule has 0 saturated carbocycles. The predicted octanol–water partition coefficient (Wildman–Crippen LogP) is 5.91. The van der Waals surface area contributed by atoms with Crippen molar-refractivity contribution in [2.75, 3.05) is 19.8 Å². The van der Waals surface area contributed by atoms with Crippen LogP contribution < -0.4 is 9.47 Å². The number of ketones is 1. The van der Waals surface area contributed by atoms with E-state index in [1.165, 1.54) is 5.56 Å². The molecule has 1 N–H and O–H groups in total. The highest BCUT2D eigenvalue weighted by atomic mass is 16.5. The van der Waals surface area contributed by atoms with Crippen molar-refractivity contribution < 1.29 is 19.4 Å². The molecule has 33 heavy (non-hydrogen) atoms. The first-order valence-electron chi connectivity index (χ1n) is 11.7. The largest absolute Gasteiger partial charge is 0.511 e. The number of hydrogen-bond acceptors (Lipinski definition) is 5. The summed E-state index contributed by atoms with van der Waals surface area (Å²) < 4.78 is 11.5. The standard InChI is InChI=1S/C28H35NO4/c1-5-32-25-13-12-21(17-26(25)33-6-2)16-22(29-15-14-20-10-8-7-9-11-20)27-23(30)18-28(3,4)19-24(27)31/h7-13,17,30H,5-6,14-16,18-19H2,1-4H3. The molecular weight excluding hydrogens is 414 g/mol. The molecule has 0 aromatic heterocycles. The second-order valence-electron chi connectivity index (χ2n) is 9.15. The number of allylic oxidation sites excluding steroid dienone is 2. The van der Waals surface area contributed by atoms with Gasteiger partial charge in [0, 0.05) is 25.8 Å². The molecule has 0 spiro atoms. The number of carbonyl (C=O) groups excluding carboxylic acids is 1. The van der Waals surface area contributed by atoms with Gasteiger partial charge < -0.3 is 14.6 Å². The zero-order chi connectivity index (χ0) is 23.8. The quantitative estimate of drug-likeness (QED) is 0.458. The van der Waals surface area contributed by atoms with Crippen molar-refractivity contribution in [3.63, 3.8) is 0 Å². The average Bonchev–Trinajstić information content (AvgIpc) is 2.75. The van der Waals surface area contributed by atoms with E-state index in [9.17, 15) is 9.90 Å². The van der Waals surface area contributed by atoms with E-state index in [-0.39, 0.29) is 17.0 Å². The average molecular weight is 450 g/mol. The summed E-state index contributed by atoms with van der Waals surface area (Å²) in [5, 5.41) is 10.8. The summed E-state index contributed by atoms with van der Waals surface area (Å²) in [5.74, 6) is 1.47. The van der Waals surface area contributed by atoms with E-state index in [0.29, 0.717) is 61.8 Å². The van der Waals surface area contributed by atoms with Gasteiger partial charge in [-0.2, -0.15) is 0 Å². The fourth-order valence-corrected chi connectivity index (χ4v) is 4.20. The summed E-state index contributed by atoms with van der Waals surface area (Å²) in [6.45, 7) is 9.51. The first-order chi connectivity index (χ1) is 15.8. The van der Waals surface area contributed by atoms with E-state index in [4.69, 9.17) is 14.5 Å². The van der Waals surface area contributed by atoms with E-state index in [0.717, 1.165) is 12.0 Å². The number of benzene rings is 2. The number of aliphatic hydroxyl groups excluding tert-OH is 1. The van der Waals surface area contributed by atoms with Crippen molar-refractivity contribution >= 4 is 11.5 Å². The Kier molecular flexibility index (Phi) is 8.32. The Balaban J connectivity index is 1.92. The maximum atomic E-state index is 13.1. The highest BCUT2D eigenvalue weighted by Crippen LogP contribution is 2.37. The second kappa shape index (κ2) is 11.2. The molecule has 0 bridgehead atoms. The van der Waals surface area contributed by atoms with E-state index in [1.54, 1.807) is 0 Å². The van der Waals surface area contributed by atoms with Gasteiger partial charge in [-0.05, 0) is 48.9 Å². The second-order valence-corrected chi connectivity index (χ2v) is 9.15. The Hall–Kier alpha value is -3.08. The third kappa shape index (κ3) is 6.70. The number of Topliss-reactive ketones (excluding diaryl/α,β-unsaturated/α-hetero) is 1. The lowest BCUT2D eigenvalue weighted by atomic mass is 9.75. The van der Waals surface area contributed by atoms with Gasteiger partial charge in [-0.25, -0.2) is 0 Å². The first-order valence-corrected chi connectivity index (χ1v) is 11.7. The monoisotopic (exact) mass is 449 g/mol. The van der Waals surface area contributed by atoms with Gasteiger partial charge in [0.2, 0.25) is 0 Å². The molecule has 0 atom stereocenters. The third-order valence-corrected chi connectivity index (χ3v) is 5.67. The number of aliphatic imine (C=N–C) groups is 1. The van der Waals surface area contributed by atoms with Crippen LogP contribution in [-0.2, 0) is 17.6 Å². The van der Waals surface area contributed by atoms with Gasteiger partial charge in [0.05, 0.1) is 24.5 Å². The lowest BCUT2D eigenvalue weighted by Crippen LogP contribution is -2.30. The molecule has 3 rings (SSSR count). The van der Waals surface area contributed by atoms with Gasteiger partial charge in [-0.3, -0.25) is 9.79 Å². The van der Waals surface area contributed by atoms with Crippen molar-refractivity contribution in [3.05, 3.63) is 71.0 Å². The van der Waals surface area contributed by atoms with Crippen molar-refractivity contribution in [1.29, 1.82) is 0 Å². The lowest BCUT2D eigenvalue weighted by Gasteiger charge is -2.30. The van der Waals surface area contributed by atoms with Crippen LogP contribution in [0.5, 0.6) is 11.5 Å².